The summed E-state index contributed by atoms with van der Waals surface area (Å²) in [6, 6.07) is 5.51. The molecule has 0 spiro atoms. The van der Waals surface area contributed by atoms with Crippen LogP contribution in [-0.2, 0) is 0 Å². The first kappa shape index (κ1) is 18.4. The Balaban J connectivity index is 1.89. The van der Waals surface area contributed by atoms with E-state index in [9.17, 15) is 10.1 Å². The molecule has 1 saturated carbocycles. The van der Waals surface area contributed by atoms with Gasteiger partial charge in [-0.15, -0.1) is 0 Å². The summed E-state index contributed by atoms with van der Waals surface area (Å²) in [5.74, 6) is 0.442. The van der Waals surface area contributed by atoms with Gasteiger partial charge in [0.15, 0.2) is 0 Å². The van der Waals surface area contributed by atoms with Crippen LogP contribution in [0.2, 0.25) is 5.02 Å². The van der Waals surface area contributed by atoms with Gasteiger partial charge in [0.05, 0.1) is 4.92 Å². The standard InChI is InChI=1S/C18H22ClN5O2/c1-12-10-13(19)8-9-15(12)23-18-16(24(25)26)17(20-11-21-18)22-14-6-4-2-3-5-7-14/h8-11,14H,2-7H2,1H3,(H2,20,21,22,23). The van der Waals surface area contributed by atoms with Gasteiger partial charge in [0.1, 0.15) is 6.33 Å². The third kappa shape index (κ3) is 4.40. The fraction of sp³-hybridized carbons (Fsp3) is 0.444. The first-order valence-electron chi connectivity index (χ1n) is 8.83. The minimum absolute atomic E-state index is 0.133. The van der Waals surface area contributed by atoms with E-state index in [1.165, 1.54) is 19.2 Å². The number of benzene rings is 1. The number of hydrogen-bond acceptors (Lipinski definition) is 6. The molecule has 8 heteroatoms. The van der Waals surface area contributed by atoms with E-state index in [1.807, 2.05) is 6.92 Å². The van der Waals surface area contributed by atoms with Crippen LogP contribution < -0.4 is 10.6 Å². The van der Waals surface area contributed by atoms with Gasteiger partial charge in [-0.1, -0.05) is 37.3 Å². The van der Waals surface area contributed by atoms with E-state index in [-0.39, 0.29) is 23.4 Å². The Morgan fingerprint density at radius 3 is 2.50 bits per heavy atom. The predicted molar refractivity (Wildman–Crippen MR) is 103 cm³/mol. The Morgan fingerprint density at radius 2 is 1.85 bits per heavy atom. The van der Waals surface area contributed by atoms with Gasteiger partial charge >= 0.3 is 5.69 Å². The molecule has 1 fully saturated rings. The van der Waals surface area contributed by atoms with E-state index in [0.717, 1.165) is 36.9 Å². The lowest BCUT2D eigenvalue weighted by molar-refractivity contribution is -0.383. The number of aromatic nitrogens is 2. The van der Waals surface area contributed by atoms with Crippen LogP contribution in [0.3, 0.4) is 0 Å². The van der Waals surface area contributed by atoms with Crippen LogP contribution in [-0.4, -0.2) is 20.9 Å². The van der Waals surface area contributed by atoms with Crippen LogP contribution in [0.5, 0.6) is 0 Å². The van der Waals surface area contributed by atoms with Gasteiger partial charge in [-0.2, -0.15) is 0 Å². The topological polar surface area (TPSA) is 93.0 Å². The van der Waals surface area contributed by atoms with Crippen LogP contribution >= 0.6 is 11.6 Å². The molecular weight excluding hydrogens is 354 g/mol. The highest BCUT2D eigenvalue weighted by Crippen LogP contribution is 2.34. The van der Waals surface area contributed by atoms with Crippen molar-refractivity contribution in [3.05, 3.63) is 45.2 Å². The number of anilines is 3. The van der Waals surface area contributed by atoms with Gasteiger partial charge in [0, 0.05) is 16.8 Å². The second kappa shape index (κ2) is 8.31. The molecule has 1 aromatic carbocycles. The molecule has 0 bridgehead atoms. The molecule has 0 amide bonds. The maximum atomic E-state index is 11.7. The third-order valence-electron chi connectivity index (χ3n) is 4.64. The van der Waals surface area contributed by atoms with Crippen LogP contribution in [0.25, 0.3) is 0 Å². The zero-order valence-electron chi connectivity index (χ0n) is 14.7. The number of rotatable bonds is 5. The smallest absolute Gasteiger partial charge is 0.353 e. The van der Waals surface area contributed by atoms with Crippen molar-refractivity contribution in [1.82, 2.24) is 9.97 Å². The highest BCUT2D eigenvalue weighted by atomic mass is 35.5. The van der Waals surface area contributed by atoms with Gasteiger partial charge in [-0.3, -0.25) is 10.1 Å². The Morgan fingerprint density at radius 1 is 1.15 bits per heavy atom. The monoisotopic (exact) mass is 375 g/mol. The van der Waals surface area contributed by atoms with Crippen LogP contribution in [0, 0.1) is 17.0 Å². The Hall–Kier alpha value is -2.41. The molecule has 138 valence electrons. The maximum absolute atomic E-state index is 11.7. The summed E-state index contributed by atoms with van der Waals surface area (Å²) in [6.07, 6.45) is 8.04. The molecule has 2 aromatic rings. The van der Waals surface area contributed by atoms with Crippen molar-refractivity contribution in [2.75, 3.05) is 10.6 Å². The van der Waals surface area contributed by atoms with E-state index in [0.29, 0.717) is 5.02 Å². The lowest BCUT2D eigenvalue weighted by Crippen LogP contribution is -2.20. The molecule has 3 rings (SSSR count). The van der Waals surface area contributed by atoms with E-state index in [1.54, 1.807) is 18.2 Å². The molecule has 26 heavy (non-hydrogen) atoms. The number of halogens is 1. The predicted octanol–water partition coefficient (Wildman–Crippen LogP) is 5.22. The molecule has 1 aliphatic rings. The van der Waals surface area contributed by atoms with Gasteiger partial charge in [0.25, 0.3) is 0 Å². The summed E-state index contributed by atoms with van der Waals surface area (Å²) in [4.78, 5) is 19.5. The number of nitro groups is 1. The van der Waals surface area contributed by atoms with Crippen molar-refractivity contribution >= 4 is 34.6 Å². The summed E-state index contributed by atoms with van der Waals surface area (Å²) < 4.78 is 0. The summed E-state index contributed by atoms with van der Waals surface area (Å²) in [7, 11) is 0. The van der Waals surface area contributed by atoms with Gasteiger partial charge < -0.3 is 10.6 Å². The second-order valence-corrected chi connectivity index (χ2v) is 7.03. The molecule has 0 atom stereocenters. The third-order valence-corrected chi connectivity index (χ3v) is 4.88. The minimum atomic E-state index is -0.438. The molecule has 0 unspecified atom stereocenters. The minimum Gasteiger partial charge on any atom is -0.361 e. The lowest BCUT2D eigenvalue weighted by Gasteiger charge is -2.17. The zero-order chi connectivity index (χ0) is 18.5. The van der Waals surface area contributed by atoms with Crippen molar-refractivity contribution in [2.24, 2.45) is 0 Å². The fourth-order valence-corrected chi connectivity index (χ4v) is 3.49. The second-order valence-electron chi connectivity index (χ2n) is 6.59. The SMILES string of the molecule is Cc1cc(Cl)ccc1Nc1ncnc(NC2CCCCCC2)c1[N+](=O)[O-]. The summed E-state index contributed by atoms with van der Waals surface area (Å²) >= 11 is 5.98. The van der Waals surface area contributed by atoms with Crippen molar-refractivity contribution in [2.45, 2.75) is 51.5 Å². The molecule has 1 heterocycles. The molecule has 2 N–H and O–H groups in total. The average molecular weight is 376 g/mol. The normalized spacial score (nSPS) is 15.3. The molecule has 1 aromatic heterocycles. The fourth-order valence-electron chi connectivity index (χ4n) is 3.26. The quantitative estimate of drug-likeness (QED) is 0.422. The molecule has 0 saturated heterocycles. The van der Waals surface area contributed by atoms with E-state index >= 15 is 0 Å². The first-order valence-corrected chi connectivity index (χ1v) is 9.21. The largest absolute Gasteiger partial charge is 0.361 e. The average Bonchev–Trinajstić information content (AvgIpc) is 2.86. The molecule has 7 nitrogen and oxygen atoms in total. The molecule has 1 aliphatic carbocycles. The van der Waals surface area contributed by atoms with Gasteiger partial charge in [-0.05, 0) is 43.5 Å². The molecule has 0 radical (unpaired) electrons. The van der Waals surface area contributed by atoms with Gasteiger partial charge in [-0.25, -0.2) is 9.97 Å². The first-order chi connectivity index (χ1) is 12.5. The maximum Gasteiger partial charge on any atom is 0.353 e. The van der Waals surface area contributed by atoms with E-state index < -0.39 is 4.92 Å². The number of hydrogen-bond donors (Lipinski definition) is 2. The van der Waals surface area contributed by atoms with E-state index in [4.69, 9.17) is 11.6 Å². The molecule has 0 aliphatic heterocycles. The summed E-state index contributed by atoms with van der Waals surface area (Å²) in [6.45, 7) is 1.88. The van der Waals surface area contributed by atoms with Crippen LogP contribution in [0.1, 0.15) is 44.1 Å². The number of aryl methyl sites for hydroxylation is 1. The Labute approximate surface area is 157 Å². The lowest BCUT2D eigenvalue weighted by atomic mass is 10.1. The Kier molecular flexibility index (Phi) is 5.88. The van der Waals surface area contributed by atoms with Crippen LogP contribution in [0.15, 0.2) is 24.5 Å². The van der Waals surface area contributed by atoms with Crippen LogP contribution in [0.4, 0.5) is 23.0 Å². The molecular formula is C18H22ClN5O2. The summed E-state index contributed by atoms with van der Waals surface area (Å²) in [5.41, 5.74) is 1.46. The number of nitrogens with zero attached hydrogens (tertiary/aromatic N) is 3. The highest BCUT2D eigenvalue weighted by Gasteiger charge is 2.25. The Bertz CT molecular complexity index is 791. The zero-order valence-corrected chi connectivity index (χ0v) is 15.4. The van der Waals surface area contributed by atoms with E-state index in [2.05, 4.69) is 20.6 Å². The summed E-state index contributed by atoms with van der Waals surface area (Å²) in [5, 5.41) is 18.6. The highest BCUT2D eigenvalue weighted by molar-refractivity contribution is 6.30. The van der Waals surface area contributed by atoms with Gasteiger partial charge in [0.2, 0.25) is 11.6 Å². The van der Waals surface area contributed by atoms with Crippen molar-refractivity contribution in [3.63, 3.8) is 0 Å². The number of nitrogens with one attached hydrogen (secondary N) is 2. The van der Waals surface area contributed by atoms with Crippen molar-refractivity contribution < 1.29 is 4.92 Å². The van der Waals surface area contributed by atoms with Crippen molar-refractivity contribution in [3.8, 4) is 0 Å². The van der Waals surface area contributed by atoms with Crippen molar-refractivity contribution in [1.29, 1.82) is 0 Å².